The Hall–Kier alpha value is -0.910. The number of hydrogen-bond donors (Lipinski definition) is 2. The molecule has 5 heteroatoms. The number of hydrogen-bond acceptors (Lipinski definition) is 5. The molecule has 0 spiro atoms. The van der Waals surface area contributed by atoms with Gasteiger partial charge >= 0.3 is 0 Å². The van der Waals surface area contributed by atoms with Gasteiger partial charge in [0, 0.05) is 24.3 Å². The maximum Gasteiger partial charge on any atom is 0.121 e. The van der Waals surface area contributed by atoms with Gasteiger partial charge in [0.05, 0.1) is 0 Å². The van der Waals surface area contributed by atoms with Crippen molar-refractivity contribution in [3.05, 3.63) is 24.3 Å². The van der Waals surface area contributed by atoms with Gasteiger partial charge in [0.1, 0.15) is 18.5 Å². The molecule has 0 aliphatic heterocycles. The predicted octanol–water partition coefficient (Wildman–Crippen LogP) is 2.08. The summed E-state index contributed by atoms with van der Waals surface area (Å²) < 4.78 is 5.55. The van der Waals surface area contributed by atoms with E-state index in [4.69, 9.17) is 10.5 Å². The zero-order valence-electron chi connectivity index (χ0n) is 12.6. The summed E-state index contributed by atoms with van der Waals surface area (Å²) in [5.74, 6) is 1.84. The quantitative estimate of drug-likeness (QED) is 0.684. The van der Waals surface area contributed by atoms with E-state index in [0.29, 0.717) is 24.0 Å². The van der Waals surface area contributed by atoms with E-state index in [9.17, 15) is 5.11 Å². The number of benzene rings is 1. The van der Waals surface area contributed by atoms with E-state index in [1.807, 2.05) is 37.0 Å². The van der Waals surface area contributed by atoms with E-state index in [-0.39, 0.29) is 6.61 Å². The smallest absolute Gasteiger partial charge is 0.121 e. The van der Waals surface area contributed by atoms with Crippen LogP contribution in [0, 0.1) is 0 Å². The Bertz CT molecular complexity index is 390. The van der Waals surface area contributed by atoms with E-state index in [0.717, 1.165) is 12.2 Å². The maximum absolute atomic E-state index is 10.0. The van der Waals surface area contributed by atoms with Crippen LogP contribution in [-0.4, -0.2) is 54.4 Å². The van der Waals surface area contributed by atoms with Crippen LogP contribution in [0.4, 0.5) is 5.69 Å². The topological polar surface area (TPSA) is 58.7 Å². The number of likely N-dealkylation sites (N-methyl/N-ethyl adjacent to an activating group) is 1. The van der Waals surface area contributed by atoms with Crippen LogP contribution in [0.2, 0.25) is 0 Å². The second-order valence-corrected chi connectivity index (χ2v) is 6.09. The number of nitrogen functional groups attached to an aromatic ring is 1. The molecule has 0 amide bonds. The molecule has 3 N–H and O–H groups in total. The summed E-state index contributed by atoms with van der Waals surface area (Å²) in [7, 11) is 2.04. The van der Waals surface area contributed by atoms with E-state index < -0.39 is 6.10 Å². The van der Waals surface area contributed by atoms with Gasteiger partial charge in [0.15, 0.2) is 0 Å². The molecule has 2 atom stereocenters. The van der Waals surface area contributed by atoms with Gasteiger partial charge in [-0.1, -0.05) is 6.07 Å². The Morgan fingerprint density at radius 2 is 2.20 bits per heavy atom. The lowest BCUT2D eigenvalue weighted by Crippen LogP contribution is -2.38. The third-order valence-corrected chi connectivity index (χ3v) is 3.94. The highest BCUT2D eigenvalue weighted by molar-refractivity contribution is 7.98. The van der Waals surface area contributed by atoms with Crippen LogP contribution in [0.1, 0.15) is 13.3 Å². The van der Waals surface area contributed by atoms with Crippen molar-refractivity contribution in [3.63, 3.8) is 0 Å². The zero-order chi connectivity index (χ0) is 15.0. The highest BCUT2D eigenvalue weighted by Gasteiger charge is 2.14. The Labute approximate surface area is 126 Å². The minimum absolute atomic E-state index is 0.281. The molecule has 20 heavy (non-hydrogen) atoms. The summed E-state index contributed by atoms with van der Waals surface area (Å²) in [6, 6.07) is 7.72. The molecule has 0 heterocycles. The molecule has 114 valence electrons. The summed E-state index contributed by atoms with van der Waals surface area (Å²) >= 11 is 1.85. The molecule has 0 aliphatic rings. The molecule has 1 aromatic rings. The van der Waals surface area contributed by atoms with Gasteiger partial charge in [-0.15, -0.1) is 0 Å². The van der Waals surface area contributed by atoms with Gasteiger partial charge in [0.25, 0.3) is 0 Å². The van der Waals surface area contributed by atoms with Crippen molar-refractivity contribution in [2.75, 3.05) is 37.9 Å². The van der Waals surface area contributed by atoms with Crippen LogP contribution < -0.4 is 10.5 Å². The summed E-state index contributed by atoms with van der Waals surface area (Å²) in [6.07, 6.45) is 2.74. The molecule has 1 aromatic carbocycles. The number of aliphatic hydroxyl groups is 1. The maximum atomic E-state index is 10.0. The molecular weight excluding hydrogens is 272 g/mol. The number of anilines is 1. The highest BCUT2D eigenvalue weighted by Crippen LogP contribution is 2.15. The van der Waals surface area contributed by atoms with Crippen LogP contribution in [0.3, 0.4) is 0 Å². The number of thioether (sulfide) groups is 1. The fourth-order valence-electron chi connectivity index (χ4n) is 1.87. The predicted molar refractivity (Wildman–Crippen MR) is 87.4 cm³/mol. The first-order valence-corrected chi connectivity index (χ1v) is 8.28. The Morgan fingerprint density at radius 1 is 1.45 bits per heavy atom. The molecule has 0 saturated heterocycles. The van der Waals surface area contributed by atoms with E-state index in [2.05, 4.69) is 18.1 Å². The van der Waals surface area contributed by atoms with Crippen LogP contribution in [0.5, 0.6) is 5.75 Å². The normalized spacial score (nSPS) is 14.2. The van der Waals surface area contributed by atoms with Crippen molar-refractivity contribution in [1.29, 1.82) is 0 Å². The summed E-state index contributed by atoms with van der Waals surface area (Å²) in [5, 5.41) is 10.0. The third-order valence-electron chi connectivity index (χ3n) is 3.29. The first-order valence-electron chi connectivity index (χ1n) is 6.88. The monoisotopic (exact) mass is 298 g/mol. The van der Waals surface area contributed by atoms with E-state index >= 15 is 0 Å². The van der Waals surface area contributed by atoms with Crippen LogP contribution in [-0.2, 0) is 0 Å². The molecule has 0 aromatic heterocycles. The zero-order valence-corrected chi connectivity index (χ0v) is 13.4. The fraction of sp³-hybridized carbons (Fsp3) is 0.600. The average Bonchev–Trinajstić information content (AvgIpc) is 2.42. The lowest BCUT2D eigenvalue weighted by Gasteiger charge is -2.26. The summed E-state index contributed by atoms with van der Waals surface area (Å²) in [5.41, 5.74) is 6.35. The number of ether oxygens (including phenoxy) is 1. The van der Waals surface area contributed by atoms with E-state index in [1.54, 1.807) is 6.07 Å². The van der Waals surface area contributed by atoms with Crippen molar-refractivity contribution in [2.24, 2.45) is 0 Å². The minimum atomic E-state index is -0.502. The van der Waals surface area contributed by atoms with Gasteiger partial charge < -0.3 is 20.5 Å². The Morgan fingerprint density at radius 3 is 2.85 bits per heavy atom. The molecule has 1 rings (SSSR count). The van der Waals surface area contributed by atoms with Crippen molar-refractivity contribution in [3.8, 4) is 5.75 Å². The highest BCUT2D eigenvalue weighted by atomic mass is 32.2. The Balaban J connectivity index is 2.30. The molecule has 0 saturated carbocycles. The third kappa shape index (κ3) is 6.50. The molecule has 0 aliphatic carbocycles. The van der Waals surface area contributed by atoms with Gasteiger partial charge in [0.2, 0.25) is 0 Å². The largest absolute Gasteiger partial charge is 0.491 e. The number of nitrogens with zero attached hydrogens (tertiary/aromatic N) is 1. The summed E-state index contributed by atoms with van der Waals surface area (Å²) in [6.45, 7) is 3.07. The lowest BCUT2D eigenvalue weighted by atomic mass is 10.2. The van der Waals surface area contributed by atoms with Crippen molar-refractivity contribution < 1.29 is 9.84 Å². The molecule has 0 fully saturated rings. The minimum Gasteiger partial charge on any atom is -0.491 e. The molecule has 2 unspecified atom stereocenters. The van der Waals surface area contributed by atoms with Gasteiger partial charge in [-0.25, -0.2) is 0 Å². The first-order chi connectivity index (χ1) is 9.52. The van der Waals surface area contributed by atoms with Crippen LogP contribution >= 0.6 is 11.8 Å². The van der Waals surface area contributed by atoms with Gasteiger partial charge in [-0.3, -0.25) is 0 Å². The molecule has 0 radical (unpaired) electrons. The first kappa shape index (κ1) is 17.1. The van der Waals surface area contributed by atoms with Crippen molar-refractivity contribution >= 4 is 17.4 Å². The standard InChI is InChI=1S/C15H26N2O2S/c1-12(7-8-20-3)17(2)10-14(18)11-19-15-6-4-5-13(16)9-15/h4-6,9,12,14,18H,7-8,10-11,16H2,1-3H3. The van der Waals surface area contributed by atoms with Crippen LogP contribution in [0.15, 0.2) is 24.3 Å². The Kier molecular flexibility index (Phi) is 7.80. The summed E-state index contributed by atoms with van der Waals surface area (Å²) in [4.78, 5) is 2.17. The van der Waals surface area contributed by atoms with Crippen molar-refractivity contribution in [2.45, 2.75) is 25.5 Å². The fourth-order valence-corrected chi connectivity index (χ4v) is 2.45. The van der Waals surface area contributed by atoms with Gasteiger partial charge in [-0.05, 0) is 44.5 Å². The second-order valence-electron chi connectivity index (χ2n) is 5.11. The van der Waals surface area contributed by atoms with Crippen molar-refractivity contribution in [1.82, 2.24) is 4.90 Å². The second kappa shape index (κ2) is 9.10. The molecule has 4 nitrogen and oxygen atoms in total. The number of nitrogens with two attached hydrogens (primary N) is 1. The number of rotatable bonds is 9. The number of aliphatic hydroxyl groups excluding tert-OH is 1. The SMILES string of the molecule is CSCCC(C)N(C)CC(O)COc1cccc(N)c1. The lowest BCUT2D eigenvalue weighted by molar-refractivity contribution is 0.0651. The average molecular weight is 298 g/mol. The van der Waals surface area contributed by atoms with Crippen LogP contribution in [0.25, 0.3) is 0 Å². The van der Waals surface area contributed by atoms with Gasteiger partial charge in [-0.2, -0.15) is 11.8 Å². The molecular formula is C15H26N2O2S. The van der Waals surface area contributed by atoms with E-state index in [1.165, 1.54) is 0 Å². The molecule has 0 bridgehead atoms.